The van der Waals surface area contributed by atoms with Crippen molar-refractivity contribution in [3.63, 3.8) is 0 Å². The highest BCUT2D eigenvalue weighted by atomic mass is 16.3. The van der Waals surface area contributed by atoms with Crippen molar-refractivity contribution in [3.05, 3.63) is 23.9 Å². The number of carbonyl (C=O) groups excluding carboxylic acids is 2. The van der Waals surface area contributed by atoms with Gasteiger partial charge in [0.25, 0.3) is 0 Å². The second-order valence-electron chi connectivity index (χ2n) is 4.98. The van der Waals surface area contributed by atoms with E-state index in [1.807, 2.05) is 13.0 Å². The van der Waals surface area contributed by atoms with Crippen molar-refractivity contribution < 1.29 is 14.7 Å². The molecule has 2 N–H and O–H groups in total. The predicted molar refractivity (Wildman–Crippen MR) is 77.7 cm³/mol. The highest BCUT2D eigenvalue weighted by Gasteiger charge is 2.26. The lowest BCUT2D eigenvalue weighted by molar-refractivity contribution is -0.144. The van der Waals surface area contributed by atoms with E-state index >= 15 is 0 Å². The number of aliphatic hydroxyl groups is 1. The molecule has 1 aliphatic heterocycles. The zero-order valence-electron chi connectivity index (χ0n) is 12.1. The molecular formula is C14H20N4O3. The summed E-state index contributed by atoms with van der Waals surface area (Å²) < 4.78 is 0. The van der Waals surface area contributed by atoms with E-state index in [1.165, 1.54) is 4.90 Å². The van der Waals surface area contributed by atoms with Gasteiger partial charge >= 0.3 is 11.8 Å². The van der Waals surface area contributed by atoms with Crippen LogP contribution in [0.4, 0.5) is 5.82 Å². The molecule has 1 fully saturated rings. The summed E-state index contributed by atoms with van der Waals surface area (Å²) in [5.74, 6) is -0.786. The molecule has 1 aliphatic rings. The number of anilines is 1. The SMILES string of the molecule is Cc1cccnc1NC(=O)C(=O)N1CCN(CCO)CC1. The number of rotatable bonds is 3. The van der Waals surface area contributed by atoms with Crippen LogP contribution in [0, 0.1) is 6.92 Å². The molecule has 2 rings (SSSR count). The highest BCUT2D eigenvalue weighted by Crippen LogP contribution is 2.10. The number of amides is 2. The predicted octanol–water partition coefficient (Wildman–Crippen LogP) is -0.535. The van der Waals surface area contributed by atoms with Crippen LogP contribution in [0.2, 0.25) is 0 Å². The molecule has 2 heterocycles. The summed E-state index contributed by atoms with van der Waals surface area (Å²) in [4.78, 5) is 31.7. The summed E-state index contributed by atoms with van der Waals surface area (Å²) in [6, 6.07) is 3.59. The Balaban J connectivity index is 1.89. The monoisotopic (exact) mass is 292 g/mol. The molecule has 1 aromatic rings. The van der Waals surface area contributed by atoms with Crippen LogP contribution < -0.4 is 5.32 Å². The standard InChI is InChI=1S/C14H20N4O3/c1-11-3-2-4-15-12(11)16-13(20)14(21)18-7-5-17(6-8-18)9-10-19/h2-4,19H,5-10H2,1H3,(H,15,16,20). The third-order valence-corrected chi connectivity index (χ3v) is 3.51. The molecule has 21 heavy (non-hydrogen) atoms. The first-order valence-corrected chi connectivity index (χ1v) is 6.97. The minimum absolute atomic E-state index is 0.105. The lowest BCUT2D eigenvalue weighted by atomic mass is 10.2. The number of nitrogens with zero attached hydrogens (tertiary/aromatic N) is 3. The van der Waals surface area contributed by atoms with E-state index in [4.69, 9.17) is 5.11 Å². The zero-order valence-corrected chi connectivity index (χ0v) is 12.1. The molecule has 2 amide bonds. The maximum atomic E-state index is 12.1. The third kappa shape index (κ3) is 3.99. The van der Waals surface area contributed by atoms with Crippen molar-refractivity contribution >= 4 is 17.6 Å². The van der Waals surface area contributed by atoms with Crippen molar-refractivity contribution in [2.24, 2.45) is 0 Å². The molecule has 0 aromatic carbocycles. The molecule has 0 aliphatic carbocycles. The second kappa shape index (κ2) is 7.14. The zero-order chi connectivity index (χ0) is 15.2. The van der Waals surface area contributed by atoms with Gasteiger partial charge in [0.05, 0.1) is 6.61 Å². The van der Waals surface area contributed by atoms with Gasteiger partial charge in [-0.2, -0.15) is 0 Å². The van der Waals surface area contributed by atoms with Gasteiger partial charge in [-0.25, -0.2) is 4.98 Å². The topological polar surface area (TPSA) is 85.8 Å². The van der Waals surface area contributed by atoms with Crippen LogP contribution >= 0.6 is 0 Å². The maximum Gasteiger partial charge on any atom is 0.315 e. The number of carbonyl (C=O) groups is 2. The van der Waals surface area contributed by atoms with Crippen LogP contribution in [0.15, 0.2) is 18.3 Å². The fraction of sp³-hybridized carbons (Fsp3) is 0.500. The van der Waals surface area contributed by atoms with Crippen LogP contribution in [0.1, 0.15) is 5.56 Å². The minimum Gasteiger partial charge on any atom is -0.395 e. The Morgan fingerprint density at radius 1 is 1.33 bits per heavy atom. The van der Waals surface area contributed by atoms with Crippen LogP contribution in [0.3, 0.4) is 0 Å². The van der Waals surface area contributed by atoms with Gasteiger partial charge in [0.15, 0.2) is 0 Å². The average Bonchev–Trinajstić information content (AvgIpc) is 2.50. The van der Waals surface area contributed by atoms with Crippen molar-refractivity contribution in [3.8, 4) is 0 Å². The lowest BCUT2D eigenvalue weighted by Crippen LogP contribution is -2.52. The smallest absolute Gasteiger partial charge is 0.315 e. The summed E-state index contributed by atoms with van der Waals surface area (Å²) in [6.45, 7) is 4.85. The Labute approximate surface area is 123 Å². The summed E-state index contributed by atoms with van der Waals surface area (Å²) in [5.41, 5.74) is 0.811. The van der Waals surface area contributed by atoms with Gasteiger partial charge in [-0.3, -0.25) is 14.5 Å². The van der Waals surface area contributed by atoms with E-state index in [1.54, 1.807) is 12.3 Å². The van der Waals surface area contributed by atoms with Crippen molar-refractivity contribution in [2.45, 2.75) is 6.92 Å². The lowest BCUT2D eigenvalue weighted by Gasteiger charge is -2.33. The Hall–Kier alpha value is -1.99. The average molecular weight is 292 g/mol. The number of aliphatic hydroxyl groups excluding tert-OH is 1. The van der Waals surface area contributed by atoms with E-state index in [0.717, 1.165) is 5.56 Å². The molecule has 0 spiro atoms. The molecule has 7 heteroatoms. The van der Waals surface area contributed by atoms with Crippen LogP contribution in [-0.4, -0.2) is 71.0 Å². The quantitative estimate of drug-likeness (QED) is 0.731. The number of aryl methyl sites for hydroxylation is 1. The fourth-order valence-corrected chi connectivity index (χ4v) is 2.24. The van der Waals surface area contributed by atoms with E-state index in [-0.39, 0.29) is 6.61 Å². The van der Waals surface area contributed by atoms with Crippen LogP contribution in [0.5, 0.6) is 0 Å². The van der Waals surface area contributed by atoms with E-state index in [0.29, 0.717) is 38.5 Å². The molecule has 0 unspecified atom stereocenters. The summed E-state index contributed by atoms with van der Waals surface area (Å²) in [6.07, 6.45) is 1.57. The Kier molecular flexibility index (Phi) is 5.24. The van der Waals surface area contributed by atoms with Gasteiger partial charge in [0.2, 0.25) is 0 Å². The van der Waals surface area contributed by atoms with Gasteiger partial charge in [0, 0.05) is 38.9 Å². The largest absolute Gasteiger partial charge is 0.395 e. The Morgan fingerprint density at radius 3 is 2.67 bits per heavy atom. The third-order valence-electron chi connectivity index (χ3n) is 3.51. The number of hydrogen-bond donors (Lipinski definition) is 2. The van der Waals surface area contributed by atoms with Crippen LogP contribution in [0.25, 0.3) is 0 Å². The highest BCUT2D eigenvalue weighted by molar-refractivity contribution is 6.39. The molecule has 114 valence electrons. The van der Waals surface area contributed by atoms with Gasteiger partial charge in [-0.1, -0.05) is 6.07 Å². The molecular weight excluding hydrogens is 272 g/mol. The molecule has 1 aromatic heterocycles. The second-order valence-corrected chi connectivity index (χ2v) is 4.98. The Morgan fingerprint density at radius 2 is 2.05 bits per heavy atom. The number of piperazine rings is 1. The molecule has 7 nitrogen and oxygen atoms in total. The number of pyridine rings is 1. The van der Waals surface area contributed by atoms with Crippen molar-refractivity contribution in [1.82, 2.24) is 14.8 Å². The van der Waals surface area contributed by atoms with Gasteiger partial charge in [-0.15, -0.1) is 0 Å². The van der Waals surface area contributed by atoms with Crippen LogP contribution in [-0.2, 0) is 9.59 Å². The summed E-state index contributed by atoms with van der Waals surface area (Å²) >= 11 is 0. The van der Waals surface area contributed by atoms with Crippen molar-refractivity contribution in [1.29, 1.82) is 0 Å². The maximum absolute atomic E-state index is 12.1. The van der Waals surface area contributed by atoms with E-state index < -0.39 is 11.8 Å². The van der Waals surface area contributed by atoms with Gasteiger partial charge in [-0.05, 0) is 18.6 Å². The molecule has 0 saturated carbocycles. The first kappa shape index (κ1) is 15.4. The molecule has 0 radical (unpaired) electrons. The fourth-order valence-electron chi connectivity index (χ4n) is 2.24. The Bertz CT molecular complexity index is 513. The first-order chi connectivity index (χ1) is 10.1. The van der Waals surface area contributed by atoms with Crippen molar-refractivity contribution in [2.75, 3.05) is 44.6 Å². The molecule has 0 atom stereocenters. The van der Waals surface area contributed by atoms with E-state index in [2.05, 4.69) is 15.2 Å². The normalized spacial score (nSPS) is 15.8. The number of β-amino-alcohol motifs (C(OH)–C–C–N with tert-alkyl or cyclic N) is 1. The summed E-state index contributed by atoms with van der Waals surface area (Å²) in [5, 5.41) is 11.4. The molecule has 1 saturated heterocycles. The number of aromatic nitrogens is 1. The molecule has 0 bridgehead atoms. The van der Waals surface area contributed by atoms with E-state index in [9.17, 15) is 9.59 Å². The minimum atomic E-state index is -0.660. The summed E-state index contributed by atoms with van der Waals surface area (Å²) in [7, 11) is 0. The number of hydrogen-bond acceptors (Lipinski definition) is 5. The number of nitrogens with one attached hydrogen (secondary N) is 1. The first-order valence-electron chi connectivity index (χ1n) is 6.97. The van der Waals surface area contributed by atoms with Gasteiger partial charge < -0.3 is 15.3 Å². The van der Waals surface area contributed by atoms with Gasteiger partial charge in [0.1, 0.15) is 5.82 Å².